The lowest BCUT2D eigenvalue weighted by atomic mass is 10.4. The fourth-order valence-electron chi connectivity index (χ4n) is 1.13. The molecule has 0 aliphatic carbocycles. The molecular formula is C8H7F3N6O. The van der Waals surface area contributed by atoms with Gasteiger partial charge in [-0.3, -0.25) is 0 Å². The monoisotopic (exact) mass is 260 g/mol. The van der Waals surface area contributed by atoms with Crippen LogP contribution in [0.15, 0.2) is 12.4 Å². The number of halogens is 3. The lowest BCUT2D eigenvalue weighted by Gasteiger charge is -2.03. The van der Waals surface area contributed by atoms with E-state index in [1.54, 1.807) is 0 Å². The molecule has 7 nitrogen and oxygen atoms in total. The zero-order valence-electron chi connectivity index (χ0n) is 9.01. The zero-order chi connectivity index (χ0) is 13.3. The molecule has 0 aliphatic rings. The van der Waals surface area contributed by atoms with Gasteiger partial charge in [0.1, 0.15) is 0 Å². The number of methoxy groups -OCH3 is 1. The van der Waals surface area contributed by atoms with Crippen molar-refractivity contribution in [2.75, 3.05) is 12.8 Å². The van der Waals surface area contributed by atoms with Crippen LogP contribution in [-0.4, -0.2) is 31.8 Å². The first-order valence-electron chi connectivity index (χ1n) is 4.58. The van der Waals surface area contributed by atoms with Gasteiger partial charge in [-0.1, -0.05) is 0 Å². The van der Waals surface area contributed by atoms with Crippen LogP contribution in [0.2, 0.25) is 0 Å². The van der Waals surface area contributed by atoms with Crippen LogP contribution in [-0.2, 0) is 6.18 Å². The summed E-state index contributed by atoms with van der Waals surface area (Å²) in [6.07, 6.45) is -3.08. The molecule has 0 spiro atoms. The Morgan fingerprint density at radius 3 is 2.56 bits per heavy atom. The lowest BCUT2D eigenvalue weighted by Crippen LogP contribution is -2.08. The molecule has 0 amide bonds. The summed E-state index contributed by atoms with van der Waals surface area (Å²) in [6, 6.07) is -0.110. The van der Waals surface area contributed by atoms with Crippen molar-refractivity contribution in [3.05, 3.63) is 18.0 Å². The highest BCUT2D eigenvalue weighted by atomic mass is 19.4. The summed E-state index contributed by atoms with van der Waals surface area (Å²) in [5.41, 5.74) is 4.44. The highest BCUT2D eigenvalue weighted by molar-refractivity contribution is 5.25. The molecule has 18 heavy (non-hydrogen) atoms. The molecule has 96 valence electrons. The number of hydrogen-bond donors (Lipinski definition) is 1. The fourth-order valence-corrected chi connectivity index (χ4v) is 1.13. The van der Waals surface area contributed by atoms with Gasteiger partial charge < -0.3 is 10.5 Å². The number of aromatic nitrogens is 5. The predicted octanol–water partition coefficient (Wildman–Crippen LogP) is 0.667. The van der Waals surface area contributed by atoms with Crippen molar-refractivity contribution in [3.63, 3.8) is 0 Å². The molecule has 0 unspecified atom stereocenters. The van der Waals surface area contributed by atoms with Gasteiger partial charge >= 0.3 is 12.2 Å². The van der Waals surface area contributed by atoms with Crippen LogP contribution < -0.4 is 10.5 Å². The maximum Gasteiger partial charge on any atom is 0.419 e. The number of alkyl halides is 3. The number of ether oxygens (including phenoxy) is 1. The quantitative estimate of drug-likeness (QED) is 0.853. The Morgan fingerprint density at radius 1 is 1.28 bits per heavy atom. The third-order valence-electron chi connectivity index (χ3n) is 1.92. The van der Waals surface area contributed by atoms with Crippen molar-refractivity contribution in [3.8, 4) is 12.0 Å². The van der Waals surface area contributed by atoms with Crippen molar-refractivity contribution < 1.29 is 17.9 Å². The van der Waals surface area contributed by atoms with Crippen LogP contribution in [0.25, 0.3) is 5.95 Å². The number of nitrogen functional groups attached to an aromatic ring is 1. The summed E-state index contributed by atoms with van der Waals surface area (Å²) in [4.78, 5) is 11.0. The van der Waals surface area contributed by atoms with E-state index in [2.05, 4.69) is 20.1 Å². The Kier molecular flexibility index (Phi) is 2.77. The second-order valence-corrected chi connectivity index (χ2v) is 3.15. The minimum Gasteiger partial charge on any atom is -0.467 e. The van der Waals surface area contributed by atoms with Crippen LogP contribution in [0.1, 0.15) is 5.56 Å². The van der Waals surface area contributed by atoms with Crippen LogP contribution in [0, 0.1) is 0 Å². The maximum atomic E-state index is 12.4. The second kappa shape index (κ2) is 4.13. The molecule has 2 N–H and O–H groups in total. The largest absolute Gasteiger partial charge is 0.467 e. The first-order valence-corrected chi connectivity index (χ1v) is 4.58. The van der Waals surface area contributed by atoms with E-state index in [-0.39, 0.29) is 17.9 Å². The molecule has 0 aliphatic heterocycles. The molecule has 2 rings (SSSR count). The summed E-state index contributed by atoms with van der Waals surface area (Å²) in [7, 11) is 1.29. The van der Waals surface area contributed by atoms with Gasteiger partial charge in [-0.2, -0.15) is 33.2 Å². The summed E-state index contributed by atoms with van der Waals surface area (Å²) >= 11 is 0. The fraction of sp³-hybridized carbons (Fsp3) is 0.250. The summed E-state index contributed by atoms with van der Waals surface area (Å²) in [6.45, 7) is 0. The van der Waals surface area contributed by atoms with Gasteiger partial charge in [-0.15, -0.1) is 0 Å². The summed E-state index contributed by atoms with van der Waals surface area (Å²) < 4.78 is 42.7. The predicted molar refractivity (Wildman–Crippen MR) is 52.9 cm³/mol. The number of nitrogens with zero attached hydrogens (tertiary/aromatic N) is 5. The molecule has 0 atom stereocenters. The van der Waals surface area contributed by atoms with Gasteiger partial charge in [0.05, 0.1) is 18.9 Å². The van der Waals surface area contributed by atoms with E-state index < -0.39 is 11.7 Å². The maximum absolute atomic E-state index is 12.4. The Labute approximate surface area is 98.4 Å². The van der Waals surface area contributed by atoms with Crippen LogP contribution in [0.5, 0.6) is 6.01 Å². The average Bonchev–Trinajstić information content (AvgIpc) is 2.77. The topological polar surface area (TPSA) is 91.7 Å². The van der Waals surface area contributed by atoms with E-state index in [1.807, 2.05) is 0 Å². The minimum absolute atomic E-state index is 0.110. The molecule has 10 heteroatoms. The highest BCUT2D eigenvalue weighted by Crippen LogP contribution is 2.28. The average molecular weight is 260 g/mol. The number of hydrogen-bond acceptors (Lipinski definition) is 6. The molecule has 2 aromatic heterocycles. The molecule has 0 bridgehead atoms. The van der Waals surface area contributed by atoms with E-state index in [4.69, 9.17) is 10.5 Å². The number of anilines is 1. The minimum atomic E-state index is -4.49. The van der Waals surface area contributed by atoms with E-state index in [0.29, 0.717) is 6.20 Å². The number of nitrogens with two attached hydrogens (primary N) is 1. The van der Waals surface area contributed by atoms with Crippen molar-refractivity contribution in [2.45, 2.75) is 6.18 Å². The zero-order valence-corrected chi connectivity index (χ0v) is 9.01. The highest BCUT2D eigenvalue weighted by Gasteiger charge is 2.32. The molecule has 0 saturated carbocycles. The SMILES string of the molecule is COc1nc(N)nc(-n2cc(C(F)(F)F)cn2)n1. The van der Waals surface area contributed by atoms with Gasteiger partial charge in [-0.05, 0) is 0 Å². The Morgan fingerprint density at radius 2 is 2.00 bits per heavy atom. The van der Waals surface area contributed by atoms with E-state index in [1.165, 1.54) is 7.11 Å². The third kappa shape index (κ3) is 2.31. The van der Waals surface area contributed by atoms with E-state index in [9.17, 15) is 13.2 Å². The van der Waals surface area contributed by atoms with Crippen molar-refractivity contribution >= 4 is 5.95 Å². The standard InChI is InChI=1S/C8H7F3N6O/c1-18-7-15-5(12)14-6(16-7)17-3-4(2-13-17)8(9,10)11/h2-3H,1H3,(H2,12,14,15,16). The smallest absolute Gasteiger partial charge is 0.419 e. The van der Waals surface area contributed by atoms with Crippen LogP contribution >= 0.6 is 0 Å². The molecule has 0 aromatic carbocycles. The molecule has 0 radical (unpaired) electrons. The molecular weight excluding hydrogens is 253 g/mol. The van der Waals surface area contributed by atoms with Crippen molar-refractivity contribution in [1.29, 1.82) is 0 Å². The molecule has 0 fully saturated rings. The summed E-state index contributed by atoms with van der Waals surface area (Å²) in [5.74, 6) is -0.337. The van der Waals surface area contributed by atoms with E-state index in [0.717, 1.165) is 10.9 Å². The van der Waals surface area contributed by atoms with Crippen LogP contribution in [0.4, 0.5) is 19.1 Å². The summed E-state index contributed by atoms with van der Waals surface area (Å²) in [5, 5.41) is 3.50. The number of rotatable bonds is 2. The van der Waals surface area contributed by atoms with Gasteiger partial charge in [-0.25, -0.2) is 4.68 Å². The Balaban J connectivity index is 2.43. The molecule has 0 saturated heterocycles. The van der Waals surface area contributed by atoms with Crippen molar-refractivity contribution in [2.24, 2.45) is 0 Å². The van der Waals surface area contributed by atoms with Crippen molar-refractivity contribution in [1.82, 2.24) is 24.7 Å². The molecule has 2 heterocycles. The van der Waals surface area contributed by atoms with Gasteiger partial charge in [0.2, 0.25) is 5.95 Å². The normalized spacial score (nSPS) is 11.6. The third-order valence-corrected chi connectivity index (χ3v) is 1.92. The first kappa shape index (κ1) is 12.1. The van der Waals surface area contributed by atoms with E-state index >= 15 is 0 Å². The lowest BCUT2D eigenvalue weighted by molar-refractivity contribution is -0.137. The Hall–Kier alpha value is -2.39. The van der Waals surface area contributed by atoms with Gasteiger partial charge in [0, 0.05) is 6.20 Å². The van der Waals surface area contributed by atoms with Gasteiger partial charge in [0.15, 0.2) is 0 Å². The molecule has 2 aromatic rings. The van der Waals surface area contributed by atoms with Crippen LogP contribution in [0.3, 0.4) is 0 Å². The Bertz CT molecular complexity index is 566. The second-order valence-electron chi connectivity index (χ2n) is 3.15. The first-order chi connectivity index (χ1) is 8.40. The van der Waals surface area contributed by atoms with Gasteiger partial charge in [0.25, 0.3) is 5.95 Å².